The summed E-state index contributed by atoms with van der Waals surface area (Å²) >= 11 is 2.11. The van der Waals surface area contributed by atoms with Crippen LogP contribution in [0.1, 0.15) is 32.1 Å². The van der Waals surface area contributed by atoms with E-state index < -0.39 is 0 Å². The summed E-state index contributed by atoms with van der Waals surface area (Å²) in [7, 11) is 0. The summed E-state index contributed by atoms with van der Waals surface area (Å²) in [5.74, 6) is 2.72. The molecule has 0 radical (unpaired) electrons. The molecule has 0 aromatic rings. The van der Waals surface area contributed by atoms with Crippen LogP contribution in [0.5, 0.6) is 0 Å². The molecule has 0 amide bonds. The zero-order valence-corrected chi connectivity index (χ0v) is 11.6. The van der Waals surface area contributed by atoms with Crippen LogP contribution in [-0.4, -0.2) is 54.8 Å². The predicted molar refractivity (Wildman–Crippen MR) is 74.6 cm³/mol. The lowest BCUT2D eigenvalue weighted by atomic mass is 10.0. The highest BCUT2D eigenvalue weighted by atomic mass is 32.2. The van der Waals surface area contributed by atoms with Crippen molar-refractivity contribution in [2.75, 3.05) is 37.7 Å². The van der Waals surface area contributed by atoms with Gasteiger partial charge in [0.05, 0.1) is 6.10 Å². The van der Waals surface area contributed by atoms with Gasteiger partial charge in [-0.3, -0.25) is 0 Å². The molecule has 0 aliphatic carbocycles. The number of hydrogen-bond donors (Lipinski definition) is 1. The van der Waals surface area contributed by atoms with Gasteiger partial charge in [0.25, 0.3) is 0 Å². The topological polar surface area (TPSA) is 38.5 Å². The van der Waals surface area contributed by atoms with Gasteiger partial charge in [-0.25, -0.2) is 0 Å². The van der Waals surface area contributed by atoms with Crippen molar-refractivity contribution in [1.82, 2.24) is 4.90 Å². The summed E-state index contributed by atoms with van der Waals surface area (Å²) < 4.78 is 5.85. The minimum atomic E-state index is 0.496. The average molecular weight is 258 g/mol. The third kappa shape index (κ3) is 4.43. The fraction of sp³-hybridized carbons (Fsp3) is 1.00. The Bertz CT molecular complexity index is 202. The summed E-state index contributed by atoms with van der Waals surface area (Å²) in [6.45, 7) is 4.07. The number of nitrogens with zero attached hydrogens (tertiary/aromatic N) is 1. The highest BCUT2D eigenvalue weighted by Crippen LogP contribution is 2.25. The van der Waals surface area contributed by atoms with E-state index >= 15 is 0 Å². The van der Waals surface area contributed by atoms with Crippen molar-refractivity contribution in [3.05, 3.63) is 0 Å². The van der Waals surface area contributed by atoms with Crippen LogP contribution in [0.25, 0.3) is 0 Å². The normalized spacial score (nSPS) is 25.2. The lowest BCUT2D eigenvalue weighted by molar-refractivity contribution is -0.00301. The maximum Gasteiger partial charge on any atom is 0.0599 e. The quantitative estimate of drug-likeness (QED) is 0.762. The first-order valence-corrected chi connectivity index (χ1v) is 8.19. The molecule has 0 saturated carbocycles. The second-order valence-corrected chi connectivity index (χ2v) is 6.32. The fourth-order valence-corrected chi connectivity index (χ4v) is 3.87. The van der Waals surface area contributed by atoms with Crippen molar-refractivity contribution >= 4 is 11.8 Å². The molecule has 0 aromatic heterocycles. The molecule has 0 aromatic carbocycles. The molecule has 2 N–H and O–H groups in total. The summed E-state index contributed by atoms with van der Waals surface area (Å²) in [5, 5.41) is 0. The lowest BCUT2D eigenvalue weighted by Gasteiger charge is -2.39. The maximum atomic E-state index is 5.85. The minimum Gasteiger partial charge on any atom is -0.378 e. The Morgan fingerprint density at radius 3 is 2.47 bits per heavy atom. The molecule has 0 spiro atoms. The Labute approximate surface area is 109 Å². The third-order valence-electron chi connectivity index (χ3n) is 3.89. The van der Waals surface area contributed by atoms with E-state index in [0.29, 0.717) is 6.10 Å². The van der Waals surface area contributed by atoms with Crippen molar-refractivity contribution in [2.45, 2.75) is 44.2 Å². The van der Waals surface area contributed by atoms with Crippen molar-refractivity contribution in [3.8, 4) is 0 Å². The summed E-state index contributed by atoms with van der Waals surface area (Å²) in [4.78, 5) is 2.70. The van der Waals surface area contributed by atoms with Gasteiger partial charge in [-0.15, -0.1) is 0 Å². The van der Waals surface area contributed by atoms with E-state index in [2.05, 4.69) is 16.7 Å². The molecule has 17 heavy (non-hydrogen) atoms. The van der Waals surface area contributed by atoms with Crippen LogP contribution in [0.15, 0.2) is 0 Å². The number of piperidine rings is 1. The molecule has 0 atom stereocenters. The molecule has 2 aliphatic rings. The Morgan fingerprint density at radius 2 is 1.82 bits per heavy atom. The van der Waals surface area contributed by atoms with Crippen molar-refractivity contribution in [1.29, 1.82) is 0 Å². The number of hydrogen-bond acceptors (Lipinski definition) is 4. The Kier molecular flexibility index (Phi) is 6.12. The van der Waals surface area contributed by atoms with Crippen LogP contribution >= 0.6 is 11.8 Å². The number of likely N-dealkylation sites (tertiary alicyclic amines) is 1. The van der Waals surface area contributed by atoms with E-state index in [9.17, 15) is 0 Å². The van der Waals surface area contributed by atoms with Gasteiger partial charge in [-0.2, -0.15) is 11.8 Å². The second kappa shape index (κ2) is 7.62. The fourth-order valence-electron chi connectivity index (χ4n) is 2.79. The molecule has 2 heterocycles. The van der Waals surface area contributed by atoms with E-state index in [1.54, 1.807) is 0 Å². The molecule has 0 bridgehead atoms. The molecule has 100 valence electrons. The standard InChI is InChI=1S/C13H26N2OS/c14-6-1-9-16-13-2-7-15(8-3-13)12-4-10-17-11-5-12/h12-13H,1-11,14H2. The van der Waals surface area contributed by atoms with Crippen LogP contribution in [0, 0.1) is 0 Å². The molecule has 2 rings (SSSR count). The first kappa shape index (κ1) is 13.7. The Balaban J connectivity index is 1.63. The van der Waals surface area contributed by atoms with Gasteiger partial charge in [-0.1, -0.05) is 0 Å². The SMILES string of the molecule is NCCCOC1CCN(C2CCSCC2)CC1. The average Bonchev–Trinajstić information content (AvgIpc) is 2.41. The first-order chi connectivity index (χ1) is 8.40. The van der Waals surface area contributed by atoms with Gasteiger partial charge in [0.15, 0.2) is 0 Å². The van der Waals surface area contributed by atoms with Gasteiger partial charge in [0.2, 0.25) is 0 Å². The van der Waals surface area contributed by atoms with E-state index in [1.807, 2.05) is 0 Å². The zero-order valence-electron chi connectivity index (χ0n) is 10.8. The molecule has 2 aliphatic heterocycles. The maximum absolute atomic E-state index is 5.85. The number of ether oxygens (including phenoxy) is 1. The minimum absolute atomic E-state index is 0.496. The second-order valence-electron chi connectivity index (χ2n) is 5.09. The number of nitrogens with two attached hydrogens (primary N) is 1. The number of rotatable bonds is 5. The first-order valence-electron chi connectivity index (χ1n) is 7.03. The molecule has 4 heteroatoms. The van der Waals surface area contributed by atoms with Crippen LogP contribution in [0.3, 0.4) is 0 Å². The molecule has 0 unspecified atom stereocenters. The van der Waals surface area contributed by atoms with Crippen LogP contribution in [0.2, 0.25) is 0 Å². The lowest BCUT2D eigenvalue weighted by Crippen LogP contribution is -2.44. The number of thioether (sulfide) groups is 1. The van der Waals surface area contributed by atoms with Crippen LogP contribution in [0.4, 0.5) is 0 Å². The Hall–Kier alpha value is 0.230. The van der Waals surface area contributed by atoms with E-state index in [0.717, 1.165) is 25.6 Å². The van der Waals surface area contributed by atoms with Gasteiger partial charge in [0.1, 0.15) is 0 Å². The van der Waals surface area contributed by atoms with Crippen LogP contribution < -0.4 is 5.73 Å². The van der Waals surface area contributed by atoms with Gasteiger partial charge in [-0.05, 0) is 50.2 Å². The Morgan fingerprint density at radius 1 is 1.12 bits per heavy atom. The molecular formula is C13H26N2OS. The molecule has 2 fully saturated rings. The highest BCUT2D eigenvalue weighted by Gasteiger charge is 2.26. The predicted octanol–water partition coefficient (Wildman–Crippen LogP) is 1.71. The zero-order chi connectivity index (χ0) is 11.9. The van der Waals surface area contributed by atoms with E-state index in [-0.39, 0.29) is 0 Å². The molecule has 3 nitrogen and oxygen atoms in total. The van der Waals surface area contributed by atoms with Crippen molar-refractivity contribution < 1.29 is 4.74 Å². The van der Waals surface area contributed by atoms with Gasteiger partial charge in [0, 0.05) is 25.7 Å². The smallest absolute Gasteiger partial charge is 0.0599 e. The largest absolute Gasteiger partial charge is 0.378 e. The van der Waals surface area contributed by atoms with Crippen molar-refractivity contribution in [2.24, 2.45) is 5.73 Å². The summed E-state index contributed by atoms with van der Waals surface area (Å²) in [6, 6.07) is 0.862. The summed E-state index contributed by atoms with van der Waals surface area (Å²) in [6.07, 6.45) is 6.71. The molecular weight excluding hydrogens is 232 g/mol. The third-order valence-corrected chi connectivity index (χ3v) is 4.93. The monoisotopic (exact) mass is 258 g/mol. The molecule has 2 saturated heterocycles. The highest BCUT2D eigenvalue weighted by molar-refractivity contribution is 7.99. The summed E-state index contributed by atoms with van der Waals surface area (Å²) in [5.41, 5.74) is 5.47. The van der Waals surface area contributed by atoms with Gasteiger partial charge >= 0.3 is 0 Å². The van der Waals surface area contributed by atoms with Crippen LogP contribution in [-0.2, 0) is 4.74 Å². The van der Waals surface area contributed by atoms with E-state index in [4.69, 9.17) is 10.5 Å². The van der Waals surface area contributed by atoms with Gasteiger partial charge < -0.3 is 15.4 Å². The van der Waals surface area contributed by atoms with Crippen molar-refractivity contribution in [3.63, 3.8) is 0 Å². The van der Waals surface area contributed by atoms with E-state index in [1.165, 1.54) is 50.3 Å².